The van der Waals surface area contributed by atoms with Gasteiger partial charge in [0.1, 0.15) is 0 Å². The van der Waals surface area contributed by atoms with Gasteiger partial charge in [-0.15, -0.1) is 0 Å². The summed E-state index contributed by atoms with van der Waals surface area (Å²) in [7, 11) is 0. The van der Waals surface area contributed by atoms with Crippen LogP contribution in [0.15, 0.2) is 132 Å². The van der Waals surface area contributed by atoms with E-state index in [0.717, 1.165) is 40.2 Å². The monoisotopic (exact) mass is 583 g/mol. The van der Waals surface area contributed by atoms with Crippen molar-refractivity contribution in [2.24, 2.45) is 10.9 Å². The molecule has 3 nitrogen and oxygen atoms in total. The zero-order chi connectivity index (χ0) is 30.3. The number of hydrogen-bond donors (Lipinski definition) is 0. The molecule has 1 aliphatic heterocycles. The molecule has 3 aliphatic rings. The quantitative estimate of drug-likeness (QED) is 0.199. The molecule has 220 valence electrons. The highest BCUT2D eigenvalue weighted by molar-refractivity contribution is 6.17. The number of unbranched alkanes of at least 4 members (excludes halogenated alkanes) is 1. The lowest BCUT2D eigenvalue weighted by molar-refractivity contribution is 0.469. The van der Waals surface area contributed by atoms with Crippen LogP contribution < -0.4 is 0 Å². The molecule has 3 atom stereocenters. The van der Waals surface area contributed by atoms with Crippen molar-refractivity contribution in [2.75, 3.05) is 0 Å². The SMILES string of the molecule is CCCCC1C=C(c2ccc(-c3cccc(C4=NC5=CC=CCC5c5c4ccc4ccccc54)c3)cn2)c2cccnc2C1C. The largest absolute Gasteiger partial charge is 0.260 e. The molecule has 0 N–H and O–H groups in total. The molecule has 0 amide bonds. The summed E-state index contributed by atoms with van der Waals surface area (Å²) in [4.78, 5) is 15.2. The number of hydrogen-bond acceptors (Lipinski definition) is 3. The van der Waals surface area contributed by atoms with Crippen LogP contribution in [-0.4, -0.2) is 15.7 Å². The summed E-state index contributed by atoms with van der Waals surface area (Å²) in [6, 6.07) is 30.7. The van der Waals surface area contributed by atoms with E-state index in [1.807, 2.05) is 18.5 Å². The van der Waals surface area contributed by atoms with Gasteiger partial charge in [0.05, 0.1) is 17.1 Å². The molecular formula is C42H37N3. The summed E-state index contributed by atoms with van der Waals surface area (Å²) in [6.45, 7) is 4.59. The van der Waals surface area contributed by atoms with Gasteiger partial charge in [0.25, 0.3) is 0 Å². The van der Waals surface area contributed by atoms with E-state index in [-0.39, 0.29) is 0 Å². The van der Waals surface area contributed by atoms with Crippen LogP contribution >= 0.6 is 0 Å². The molecule has 3 heterocycles. The summed E-state index contributed by atoms with van der Waals surface area (Å²) in [5.41, 5.74) is 12.8. The maximum absolute atomic E-state index is 5.29. The molecule has 3 heteroatoms. The van der Waals surface area contributed by atoms with E-state index in [1.165, 1.54) is 58.0 Å². The molecule has 3 aromatic carbocycles. The van der Waals surface area contributed by atoms with Gasteiger partial charge in [-0.05, 0) is 64.9 Å². The van der Waals surface area contributed by atoms with Crippen LogP contribution in [0.25, 0.3) is 27.5 Å². The molecule has 5 aromatic rings. The molecule has 3 unspecified atom stereocenters. The average molecular weight is 584 g/mol. The Hall–Kier alpha value is -4.89. The first-order chi connectivity index (χ1) is 22.2. The van der Waals surface area contributed by atoms with Crippen molar-refractivity contribution >= 4 is 22.1 Å². The fourth-order valence-corrected chi connectivity index (χ4v) is 7.51. The predicted octanol–water partition coefficient (Wildman–Crippen LogP) is 10.4. The van der Waals surface area contributed by atoms with Crippen LogP contribution in [-0.2, 0) is 0 Å². The van der Waals surface area contributed by atoms with Crippen LogP contribution in [0.1, 0.15) is 85.0 Å². The van der Waals surface area contributed by atoms with Crippen molar-refractivity contribution < 1.29 is 0 Å². The first-order valence-corrected chi connectivity index (χ1v) is 16.4. The van der Waals surface area contributed by atoms with Crippen molar-refractivity contribution in [3.63, 3.8) is 0 Å². The highest BCUT2D eigenvalue weighted by atomic mass is 14.8. The standard InChI is InChI=1S/C42H37N3/c1-3-4-11-29-25-37(34-17-10-23-43-41(34)27(29)2)38-22-20-32(26-44-38)30-13-9-14-31(24-30)42-36-21-19-28-12-5-6-15-33(28)40(36)35-16-7-8-18-39(35)45-42/h5-10,12-15,17-27,29,35H,3-4,11,16H2,1-2H3. The lowest BCUT2D eigenvalue weighted by Gasteiger charge is -2.29. The molecule has 2 aromatic heterocycles. The lowest BCUT2D eigenvalue weighted by Crippen LogP contribution is -2.18. The first kappa shape index (κ1) is 27.6. The second kappa shape index (κ2) is 11.6. The van der Waals surface area contributed by atoms with E-state index in [0.29, 0.717) is 17.8 Å². The summed E-state index contributed by atoms with van der Waals surface area (Å²) >= 11 is 0. The van der Waals surface area contributed by atoms with Crippen LogP contribution in [0.5, 0.6) is 0 Å². The average Bonchev–Trinajstić information content (AvgIpc) is 3.11. The number of allylic oxidation sites excluding steroid dienone is 5. The van der Waals surface area contributed by atoms with E-state index in [2.05, 4.69) is 117 Å². The Morgan fingerprint density at radius 3 is 2.62 bits per heavy atom. The smallest absolute Gasteiger partial charge is 0.0781 e. The van der Waals surface area contributed by atoms with E-state index >= 15 is 0 Å². The second-order valence-corrected chi connectivity index (χ2v) is 12.6. The fraction of sp³-hybridized carbons (Fsp3) is 0.214. The minimum absolute atomic E-state index is 0.291. The van der Waals surface area contributed by atoms with Gasteiger partial charge in [-0.2, -0.15) is 0 Å². The summed E-state index contributed by atoms with van der Waals surface area (Å²) in [6.07, 6.45) is 17.6. The first-order valence-electron chi connectivity index (χ1n) is 16.4. The third kappa shape index (κ3) is 4.88. The Bertz CT molecular complexity index is 2040. The third-order valence-corrected chi connectivity index (χ3v) is 9.93. The fourth-order valence-electron chi connectivity index (χ4n) is 7.51. The van der Waals surface area contributed by atoms with E-state index in [9.17, 15) is 0 Å². The second-order valence-electron chi connectivity index (χ2n) is 12.6. The van der Waals surface area contributed by atoms with Gasteiger partial charge >= 0.3 is 0 Å². The van der Waals surface area contributed by atoms with Crippen molar-refractivity contribution in [1.29, 1.82) is 0 Å². The molecule has 0 bridgehead atoms. The van der Waals surface area contributed by atoms with Gasteiger partial charge in [0.2, 0.25) is 0 Å². The van der Waals surface area contributed by atoms with Crippen LogP contribution in [0, 0.1) is 5.92 Å². The van der Waals surface area contributed by atoms with E-state index in [4.69, 9.17) is 15.0 Å². The van der Waals surface area contributed by atoms with Gasteiger partial charge in [-0.25, -0.2) is 0 Å². The number of benzene rings is 3. The van der Waals surface area contributed by atoms with Gasteiger partial charge in [-0.1, -0.05) is 112 Å². The van der Waals surface area contributed by atoms with Crippen molar-refractivity contribution in [1.82, 2.24) is 9.97 Å². The van der Waals surface area contributed by atoms with Crippen LogP contribution in [0.3, 0.4) is 0 Å². The topological polar surface area (TPSA) is 38.1 Å². The molecule has 0 saturated carbocycles. The number of pyridine rings is 2. The Morgan fingerprint density at radius 1 is 0.822 bits per heavy atom. The van der Waals surface area contributed by atoms with Crippen LogP contribution in [0.2, 0.25) is 0 Å². The number of fused-ring (bicyclic) bond motifs is 6. The Balaban J connectivity index is 1.16. The minimum atomic E-state index is 0.291. The number of aromatic nitrogens is 2. The lowest BCUT2D eigenvalue weighted by atomic mass is 9.77. The molecule has 0 spiro atoms. The van der Waals surface area contributed by atoms with Crippen molar-refractivity contribution in [3.05, 3.63) is 161 Å². The maximum atomic E-state index is 5.29. The normalized spacial score (nSPS) is 20.0. The van der Waals surface area contributed by atoms with Gasteiger partial charge in [0, 0.05) is 57.8 Å². The Kier molecular flexibility index (Phi) is 7.10. The minimum Gasteiger partial charge on any atom is -0.260 e. The summed E-state index contributed by atoms with van der Waals surface area (Å²) < 4.78 is 0. The predicted molar refractivity (Wildman–Crippen MR) is 187 cm³/mol. The maximum Gasteiger partial charge on any atom is 0.0781 e. The highest BCUT2D eigenvalue weighted by Gasteiger charge is 2.30. The zero-order valence-electron chi connectivity index (χ0n) is 25.9. The third-order valence-electron chi connectivity index (χ3n) is 9.93. The zero-order valence-corrected chi connectivity index (χ0v) is 25.9. The van der Waals surface area contributed by atoms with E-state index < -0.39 is 0 Å². The van der Waals surface area contributed by atoms with Gasteiger partial charge < -0.3 is 0 Å². The molecule has 2 aliphatic carbocycles. The Morgan fingerprint density at radius 2 is 1.73 bits per heavy atom. The molecule has 0 saturated heterocycles. The van der Waals surface area contributed by atoms with Crippen molar-refractivity contribution in [3.8, 4) is 11.1 Å². The molecule has 45 heavy (non-hydrogen) atoms. The number of rotatable bonds is 6. The van der Waals surface area contributed by atoms with Crippen LogP contribution in [0.4, 0.5) is 0 Å². The summed E-state index contributed by atoms with van der Waals surface area (Å²) in [5, 5.41) is 2.61. The molecular weight excluding hydrogens is 546 g/mol. The van der Waals surface area contributed by atoms with Gasteiger partial charge in [0.15, 0.2) is 0 Å². The molecule has 0 fully saturated rings. The molecule has 8 rings (SSSR count). The van der Waals surface area contributed by atoms with Gasteiger partial charge in [-0.3, -0.25) is 15.0 Å². The van der Waals surface area contributed by atoms with Crippen molar-refractivity contribution in [2.45, 2.75) is 51.4 Å². The highest BCUT2D eigenvalue weighted by Crippen LogP contribution is 2.44. The summed E-state index contributed by atoms with van der Waals surface area (Å²) in [5.74, 6) is 1.19. The number of aliphatic imine (C=N–C) groups is 1. The Labute approximate surface area is 265 Å². The van der Waals surface area contributed by atoms with E-state index in [1.54, 1.807) is 0 Å². The number of nitrogens with zero attached hydrogens (tertiary/aromatic N) is 3. The molecule has 0 radical (unpaired) electrons.